The lowest BCUT2D eigenvalue weighted by atomic mass is 9.89. The average Bonchev–Trinajstić information content (AvgIpc) is 0.985. The van der Waals surface area contributed by atoms with Crippen molar-refractivity contribution in [2.24, 2.45) is 0 Å². The summed E-state index contributed by atoms with van der Waals surface area (Å²) in [6.07, 6.45) is 37.2. The first-order chi connectivity index (χ1) is 55.2. The van der Waals surface area contributed by atoms with Gasteiger partial charge in [0.05, 0.1) is 6.61 Å². The van der Waals surface area contributed by atoms with Gasteiger partial charge in [-0.25, -0.2) is 0 Å². The number of Topliss-reactive ketones (excluding diaryl/α,β-unsaturated/α-hetero) is 8. The van der Waals surface area contributed by atoms with Crippen LogP contribution in [0, 0.1) is 0 Å². The van der Waals surface area contributed by atoms with E-state index >= 15 is 0 Å². The molecule has 28 heteroatoms. The molecule has 10 unspecified atom stereocenters. The van der Waals surface area contributed by atoms with Crippen LogP contribution in [0.25, 0.3) is 0 Å². The normalized spacial score (nSPS) is 23.4. The van der Waals surface area contributed by atoms with Crippen molar-refractivity contribution >= 4 is 95.1 Å². The summed E-state index contributed by atoms with van der Waals surface area (Å²) in [6.45, 7) is 9.06. The molecular formula is C86H156N6O19S3. The zero-order valence-electron chi connectivity index (χ0n) is 69.8. The summed E-state index contributed by atoms with van der Waals surface area (Å²) in [4.78, 5) is 114. The standard InChI is InChI=1S/C45H81N3O10S2.C39H71N3O7S.2CH2O/c1-45(57)42(55)41(54)38(31-49)58-43(45)59-30-18-6-14-26-36(53)24-12-4-10-22-34(51)20-8-2-7-19-33(50)21-9-3-11-23-35(52)25-13-5-16-28-46-29-17-15-27-39-40-37(32-60-39)47-44(56)48-40;43-31(20-8-2-10-22-33(45)24-12-4-14-27-37(47)48)18-6-1-7-19-32(44)21-9-3-11-23-34(46)25-13-5-16-28-40-29-17-15-26-36-38-35(30-50-36)41-39(49)42-38;2*1-2/h37-44,46-49,54-57H,2-32H2,1H3;35-42,47-49H,1-30H2;2*1H2/t37?,38?,39?,40?,41-,42+,43-,44?,45?;;;/m0.../s1. The molecule has 0 radical (unpaired) electrons. The fourth-order valence-corrected chi connectivity index (χ4v) is 19.9. The number of thioether (sulfide) groups is 3. The van der Waals surface area contributed by atoms with E-state index in [1.54, 1.807) is 0 Å². The lowest BCUT2D eigenvalue weighted by Gasteiger charge is -2.46. The van der Waals surface area contributed by atoms with Gasteiger partial charge in [-0.2, -0.15) is 23.5 Å². The van der Waals surface area contributed by atoms with Crippen LogP contribution in [0.5, 0.6) is 0 Å². The van der Waals surface area contributed by atoms with E-state index in [1.165, 1.54) is 57.2 Å². The Hall–Kier alpha value is -2.85. The minimum Gasteiger partial charge on any atom is -0.394 e. The molecule has 0 aliphatic carbocycles. The van der Waals surface area contributed by atoms with Crippen molar-refractivity contribution in [3.63, 3.8) is 0 Å². The van der Waals surface area contributed by atoms with Crippen LogP contribution in [0.1, 0.15) is 347 Å². The van der Waals surface area contributed by atoms with Gasteiger partial charge in [-0.05, 0) is 199 Å². The summed E-state index contributed by atoms with van der Waals surface area (Å²) in [5, 5.41) is 98.3. The smallest absolute Gasteiger partial charge is 0.161 e. The first-order valence-electron chi connectivity index (χ1n) is 44.3. The highest BCUT2D eigenvalue weighted by molar-refractivity contribution is 8.00. The third kappa shape index (κ3) is 52.4. The minimum absolute atomic E-state index is 0.235. The molecule has 0 bridgehead atoms. The molecule has 5 aliphatic heterocycles. The van der Waals surface area contributed by atoms with Crippen molar-refractivity contribution in [2.75, 3.05) is 50.0 Å². The largest absolute Gasteiger partial charge is 0.394 e. The van der Waals surface area contributed by atoms with Crippen LogP contribution < -0.4 is 31.9 Å². The van der Waals surface area contributed by atoms with Gasteiger partial charge >= 0.3 is 0 Å². The lowest BCUT2D eigenvalue weighted by molar-refractivity contribution is -0.244. The quantitative estimate of drug-likeness (QED) is 0.0199. The molecule has 5 fully saturated rings. The molecule has 25 nitrogen and oxygen atoms in total. The predicted octanol–water partition coefficient (Wildman–Crippen LogP) is 10.9. The minimum atomic E-state index is -1.64. The van der Waals surface area contributed by atoms with Crippen LogP contribution in [-0.4, -0.2) is 234 Å². The van der Waals surface area contributed by atoms with Gasteiger partial charge in [0.15, 0.2) is 19.0 Å². The summed E-state index contributed by atoms with van der Waals surface area (Å²) in [5.41, 5.74) is -2.40. The number of fused-ring (bicyclic) bond motifs is 2. The van der Waals surface area contributed by atoms with E-state index in [-0.39, 0.29) is 28.9 Å². The van der Waals surface area contributed by atoms with Crippen molar-refractivity contribution in [3.05, 3.63) is 0 Å². The Morgan fingerprint density at radius 1 is 0.404 bits per heavy atom. The van der Waals surface area contributed by atoms with Gasteiger partial charge in [0, 0.05) is 149 Å². The molecule has 5 heterocycles. The molecule has 14 N–H and O–H groups in total. The molecule has 0 aromatic carbocycles. The van der Waals surface area contributed by atoms with Crippen LogP contribution in [0.15, 0.2) is 0 Å². The Bertz CT molecular complexity index is 2530. The van der Waals surface area contributed by atoms with Gasteiger partial charge in [-0.3, -0.25) is 59.6 Å². The zero-order valence-corrected chi connectivity index (χ0v) is 72.3. The number of aliphatic hydroxyl groups is 8. The number of ketones is 8. The van der Waals surface area contributed by atoms with Gasteiger partial charge in [0.1, 0.15) is 89.2 Å². The number of hydrogen-bond acceptors (Lipinski definition) is 28. The van der Waals surface area contributed by atoms with E-state index < -0.39 is 54.9 Å². The van der Waals surface area contributed by atoms with Crippen LogP contribution in [0.3, 0.4) is 0 Å². The summed E-state index contributed by atoms with van der Waals surface area (Å²) < 4.78 is 5.60. The van der Waals surface area contributed by atoms with Crippen molar-refractivity contribution in [1.82, 2.24) is 31.9 Å². The number of carbonyl (C=O) groups is 10. The molecule has 662 valence electrons. The Labute approximate surface area is 696 Å². The number of hydrogen-bond donors (Lipinski definition) is 14. The molecular weight excluding hydrogens is 1520 g/mol. The highest BCUT2D eigenvalue weighted by atomic mass is 32.2. The summed E-state index contributed by atoms with van der Waals surface area (Å²) in [6, 6.07) is 1.60. The van der Waals surface area contributed by atoms with E-state index in [0.29, 0.717) is 167 Å². The predicted molar refractivity (Wildman–Crippen MR) is 456 cm³/mol. The third-order valence-corrected chi connectivity index (χ3v) is 26.8. The molecule has 5 saturated heterocycles. The SMILES string of the molecule is C=O.C=O.CC1(O)[C@H](O)[C@@H](O)C(CO)O[C@H]1SCCCCCC(=O)CCCCCC(=O)CCCCCC(=O)CCCCCC(=O)CCCCCNCCCCC1SCC2NC(O)NC21.O=C(CCCCCNCCCCC1SCC2NC(O)NC21)CCCCCC(=O)CCCCCC(=O)CCCCCC(=O)CCCCCC(O)O. The summed E-state index contributed by atoms with van der Waals surface area (Å²) >= 11 is 5.36. The molecule has 0 aromatic rings. The number of aliphatic hydroxyl groups excluding tert-OH is 6. The molecule has 13 atom stereocenters. The van der Waals surface area contributed by atoms with Crippen LogP contribution in [-0.2, 0) is 52.7 Å². The van der Waals surface area contributed by atoms with Gasteiger partial charge in [0.25, 0.3) is 0 Å². The maximum atomic E-state index is 12.3. The van der Waals surface area contributed by atoms with E-state index in [1.807, 2.05) is 37.1 Å². The number of rotatable bonds is 72. The first-order valence-corrected chi connectivity index (χ1v) is 47.4. The second-order valence-electron chi connectivity index (χ2n) is 32.4. The van der Waals surface area contributed by atoms with E-state index in [9.17, 15) is 69.0 Å². The highest BCUT2D eigenvalue weighted by Gasteiger charge is 2.52. The Morgan fingerprint density at radius 2 is 0.667 bits per heavy atom. The number of nitrogens with one attached hydrogen (secondary N) is 6. The van der Waals surface area contributed by atoms with Crippen molar-refractivity contribution in [2.45, 2.75) is 430 Å². The van der Waals surface area contributed by atoms with Crippen LogP contribution >= 0.6 is 35.3 Å². The molecule has 0 amide bonds. The summed E-state index contributed by atoms with van der Waals surface area (Å²) in [7, 11) is 0. The highest BCUT2D eigenvalue weighted by Crippen LogP contribution is 2.38. The molecule has 5 aliphatic rings. The Morgan fingerprint density at radius 3 is 0.947 bits per heavy atom. The maximum Gasteiger partial charge on any atom is 0.161 e. The van der Waals surface area contributed by atoms with E-state index in [2.05, 4.69) is 31.9 Å². The zero-order chi connectivity index (χ0) is 83.8. The van der Waals surface area contributed by atoms with Gasteiger partial charge in [-0.15, -0.1) is 11.8 Å². The Balaban J connectivity index is 0.000000752. The van der Waals surface area contributed by atoms with E-state index in [4.69, 9.17) is 24.5 Å². The second-order valence-corrected chi connectivity index (χ2v) is 36.1. The Kier molecular flexibility index (Phi) is 65.6. The van der Waals surface area contributed by atoms with Crippen molar-refractivity contribution in [1.29, 1.82) is 0 Å². The van der Waals surface area contributed by atoms with Gasteiger partial charge < -0.3 is 65.8 Å². The first kappa shape index (κ1) is 107. The number of ether oxygens (including phenoxy) is 1. The number of carbonyl (C=O) groups excluding carboxylic acids is 10. The monoisotopic (exact) mass is 1670 g/mol. The fourth-order valence-electron chi connectivity index (χ4n) is 15.4. The number of unbranched alkanes of at least 4 members (excludes halogenated alkanes) is 22. The van der Waals surface area contributed by atoms with Crippen molar-refractivity contribution in [3.8, 4) is 0 Å². The summed E-state index contributed by atoms with van der Waals surface area (Å²) in [5.74, 6) is 5.09. The molecule has 5 rings (SSSR count). The molecule has 0 saturated carbocycles. The lowest BCUT2D eigenvalue weighted by Crippen LogP contribution is -2.64. The van der Waals surface area contributed by atoms with Crippen LogP contribution in [0.4, 0.5) is 0 Å². The maximum absolute atomic E-state index is 12.3. The molecule has 0 aromatic heterocycles. The van der Waals surface area contributed by atoms with Crippen molar-refractivity contribution < 1.29 is 93.5 Å². The average molecular weight is 1670 g/mol. The molecule has 0 spiro atoms. The topological polar surface area (TPSA) is 414 Å². The fraction of sp³-hybridized carbons (Fsp3) is 0.884. The molecule has 114 heavy (non-hydrogen) atoms. The van der Waals surface area contributed by atoms with Crippen LogP contribution in [0.2, 0.25) is 0 Å². The van der Waals surface area contributed by atoms with Gasteiger partial charge in [-0.1, -0.05) is 77.0 Å². The van der Waals surface area contributed by atoms with Gasteiger partial charge in [0.2, 0.25) is 0 Å². The second kappa shape index (κ2) is 69.8. The third-order valence-electron chi connectivity index (χ3n) is 22.4. The van der Waals surface area contributed by atoms with E-state index in [0.717, 1.165) is 230 Å².